The van der Waals surface area contributed by atoms with E-state index in [4.69, 9.17) is 5.73 Å². The van der Waals surface area contributed by atoms with E-state index in [1.165, 1.54) is 11.8 Å². The second-order valence-electron chi connectivity index (χ2n) is 7.54. The van der Waals surface area contributed by atoms with E-state index in [0.717, 1.165) is 0 Å². The molecular formula is C20H31N3O4. The third-order valence-electron chi connectivity index (χ3n) is 4.34. The molecule has 0 spiro atoms. The first kappa shape index (κ1) is 22.6. The summed E-state index contributed by atoms with van der Waals surface area (Å²) in [6, 6.07) is 6.36. The highest BCUT2D eigenvalue weighted by Gasteiger charge is 2.36. The Balaban J connectivity index is 3.36. The Kier molecular flexibility index (Phi) is 8.43. The van der Waals surface area contributed by atoms with Crippen molar-refractivity contribution in [1.29, 1.82) is 0 Å². The van der Waals surface area contributed by atoms with Crippen LogP contribution in [-0.4, -0.2) is 41.0 Å². The van der Waals surface area contributed by atoms with E-state index in [1.54, 1.807) is 24.3 Å². The monoisotopic (exact) mass is 377 g/mol. The summed E-state index contributed by atoms with van der Waals surface area (Å²) >= 11 is 0. The van der Waals surface area contributed by atoms with Gasteiger partial charge in [0.2, 0.25) is 11.8 Å². The number of nitrogens with zero attached hydrogens (tertiary/aromatic N) is 1. The largest absolute Gasteiger partial charge is 0.480 e. The lowest BCUT2D eigenvalue weighted by molar-refractivity contribution is -0.139. The molecule has 2 amide bonds. The van der Waals surface area contributed by atoms with Crippen molar-refractivity contribution in [3.63, 3.8) is 0 Å². The van der Waals surface area contributed by atoms with Gasteiger partial charge in [0.1, 0.15) is 12.1 Å². The van der Waals surface area contributed by atoms with Crippen LogP contribution in [0, 0.1) is 11.8 Å². The Morgan fingerprint density at radius 1 is 1.07 bits per heavy atom. The number of benzene rings is 1. The zero-order valence-electron chi connectivity index (χ0n) is 16.7. The predicted octanol–water partition coefficient (Wildman–Crippen LogP) is 2.01. The number of hydrogen-bond acceptors (Lipinski definition) is 4. The van der Waals surface area contributed by atoms with Gasteiger partial charge in [-0.2, -0.15) is 0 Å². The van der Waals surface area contributed by atoms with Crippen molar-refractivity contribution in [2.45, 2.75) is 59.2 Å². The minimum atomic E-state index is -1.05. The second kappa shape index (κ2) is 10.1. The number of para-hydroxylation sites is 1. The second-order valence-corrected chi connectivity index (χ2v) is 7.54. The van der Waals surface area contributed by atoms with Crippen LogP contribution in [0.4, 0.5) is 5.69 Å². The number of nitrogens with one attached hydrogen (secondary N) is 1. The summed E-state index contributed by atoms with van der Waals surface area (Å²) in [5.74, 6) is -2.04. The van der Waals surface area contributed by atoms with Crippen molar-refractivity contribution >= 4 is 23.5 Å². The van der Waals surface area contributed by atoms with Crippen LogP contribution in [0.1, 0.15) is 41.0 Å². The van der Waals surface area contributed by atoms with Gasteiger partial charge in [-0.05, 0) is 37.3 Å². The number of hydrogen-bond donors (Lipinski definition) is 3. The molecule has 0 saturated heterocycles. The lowest BCUT2D eigenvalue weighted by Crippen LogP contribution is -2.58. The molecule has 0 aliphatic rings. The minimum Gasteiger partial charge on any atom is -0.480 e. The van der Waals surface area contributed by atoms with Crippen molar-refractivity contribution < 1.29 is 19.5 Å². The van der Waals surface area contributed by atoms with Crippen LogP contribution in [-0.2, 0) is 14.4 Å². The molecule has 3 atom stereocenters. The summed E-state index contributed by atoms with van der Waals surface area (Å²) in [4.78, 5) is 38.3. The summed E-state index contributed by atoms with van der Waals surface area (Å²) in [6.45, 7) is 9.05. The number of carbonyl (C=O) groups is 3. The molecule has 0 saturated carbocycles. The van der Waals surface area contributed by atoms with Gasteiger partial charge in [-0.3, -0.25) is 24.6 Å². The first-order valence-electron chi connectivity index (χ1n) is 9.22. The number of carbonyl (C=O) groups excluding carboxylic acids is 2. The van der Waals surface area contributed by atoms with Crippen LogP contribution in [0.5, 0.6) is 0 Å². The fourth-order valence-corrected chi connectivity index (χ4v) is 2.88. The summed E-state index contributed by atoms with van der Waals surface area (Å²) in [7, 11) is 0. The Labute approximate surface area is 160 Å². The van der Waals surface area contributed by atoms with E-state index in [-0.39, 0.29) is 17.7 Å². The molecule has 150 valence electrons. The van der Waals surface area contributed by atoms with Crippen molar-refractivity contribution in [3.8, 4) is 0 Å². The normalized spacial score (nSPS) is 14.6. The summed E-state index contributed by atoms with van der Waals surface area (Å²) in [5, 5.41) is 12.1. The van der Waals surface area contributed by atoms with Gasteiger partial charge in [0, 0.05) is 5.69 Å². The quantitative estimate of drug-likeness (QED) is 0.577. The van der Waals surface area contributed by atoms with E-state index in [2.05, 4.69) is 5.32 Å². The maximum atomic E-state index is 13.4. The number of rotatable bonds is 10. The molecule has 7 nitrogen and oxygen atoms in total. The third-order valence-corrected chi connectivity index (χ3v) is 4.34. The lowest BCUT2D eigenvalue weighted by Gasteiger charge is -2.35. The molecule has 0 aliphatic heterocycles. The van der Waals surface area contributed by atoms with Gasteiger partial charge in [-0.15, -0.1) is 0 Å². The number of nitrogens with two attached hydrogens (primary N) is 1. The first-order valence-corrected chi connectivity index (χ1v) is 9.22. The molecule has 7 heteroatoms. The number of primary amides is 1. The molecule has 0 fully saturated rings. The highest BCUT2D eigenvalue weighted by atomic mass is 16.4. The van der Waals surface area contributed by atoms with Crippen molar-refractivity contribution in [1.82, 2.24) is 5.32 Å². The molecule has 1 aromatic carbocycles. The number of amides is 2. The van der Waals surface area contributed by atoms with Crippen LogP contribution >= 0.6 is 0 Å². The average Bonchev–Trinajstić information content (AvgIpc) is 2.58. The Bertz CT molecular complexity index is 646. The minimum absolute atomic E-state index is 0.143. The van der Waals surface area contributed by atoms with E-state index >= 15 is 0 Å². The Morgan fingerprint density at radius 3 is 2.04 bits per heavy atom. The molecule has 0 aromatic heterocycles. The van der Waals surface area contributed by atoms with Crippen molar-refractivity contribution in [2.24, 2.45) is 17.6 Å². The van der Waals surface area contributed by atoms with Gasteiger partial charge in [-0.25, -0.2) is 0 Å². The number of carboxylic acid groups (broad SMARTS) is 1. The van der Waals surface area contributed by atoms with Gasteiger partial charge >= 0.3 is 5.97 Å². The Hall–Kier alpha value is -2.41. The van der Waals surface area contributed by atoms with Crippen molar-refractivity contribution in [2.75, 3.05) is 4.90 Å². The van der Waals surface area contributed by atoms with Gasteiger partial charge in [0.05, 0.1) is 6.04 Å². The van der Waals surface area contributed by atoms with E-state index in [0.29, 0.717) is 12.1 Å². The molecule has 4 N–H and O–H groups in total. The number of carboxylic acids is 1. The molecule has 1 aromatic rings. The van der Waals surface area contributed by atoms with Crippen LogP contribution in [0.15, 0.2) is 30.3 Å². The molecule has 0 radical (unpaired) electrons. The fourth-order valence-electron chi connectivity index (χ4n) is 2.88. The zero-order valence-corrected chi connectivity index (χ0v) is 16.7. The van der Waals surface area contributed by atoms with Crippen LogP contribution < -0.4 is 16.0 Å². The van der Waals surface area contributed by atoms with Gasteiger partial charge < -0.3 is 10.8 Å². The van der Waals surface area contributed by atoms with Gasteiger partial charge in [0.25, 0.3) is 0 Å². The van der Waals surface area contributed by atoms with E-state index < -0.39 is 30.0 Å². The van der Waals surface area contributed by atoms with Crippen LogP contribution in [0.2, 0.25) is 0 Å². The van der Waals surface area contributed by atoms with E-state index in [1.807, 2.05) is 33.8 Å². The molecule has 27 heavy (non-hydrogen) atoms. The maximum absolute atomic E-state index is 13.4. The number of aliphatic carboxylic acids is 1. The van der Waals surface area contributed by atoms with Crippen LogP contribution in [0.25, 0.3) is 0 Å². The molecule has 1 rings (SSSR count). The highest BCUT2D eigenvalue weighted by molar-refractivity contribution is 6.03. The van der Waals surface area contributed by atoms with Gasteiger partial charge in [0.15, 0.2) is 0 Å². The smallest absolute Gasteiger partial charge is 0.320 e. The van der Waals surface area contributed by atoms with E-state index in [9.17, 15) is 19.5 Å². The fraction of sp³-hybridized carbons (Fsp3) is 0.550. The zero-order chi connectivity index (χ0) is 20.7. The SMILES string of the molecule is CC(C)C[C@@H](C(N)=O)N(C(=O)[C@@H](N[C@@H](C)C(=O)O)C(C)C)c1ccccc1. The molecule has 0 aliphatic carbocycles. The molecule has 0 heterocycles. The first-order chi connectivity index (χ1) is 12.6. The molecule has 0 unspecified atom stereocenters. The Morgan fingerprint density at radius 2 is 1.63 bits per heavy atom. The van der Waals surface area contributed by atoms with Gasteiger partial charge in [-0.1, -0.05) is 45.9 Å². The standard InChI is InChI=1S/C20H31N3O4/c1-12(2)11-16(18(21)24)23(15-9-7-6-8-10-15)19(25)17(13(3)4)22-14(5)20(26)27/h6-10,12-14,16-17,22H,11H2,1-5H3,(H2,21,24)(H,26,27)/t14-,16-,17-/m0/s1. The third kappa shape index (κ3) is 6.36. The summed E-state index contributed by atoms with van der Waals surface area (Å²) in [5.41, 5.74) is 6.20. The predicted molar refractivity (Wildman–Crippen MR) is 105 cm³/mol. The van der Waals surface area contributed by atoms with Crippen LogP contribution in [0.3, 0.4) is 0 Å². The lowest BCUT2D eigenvalue weighted by atomic mass is 9.96. The maximum Gasteiger partial charge on any atom is 0.320 e. The van der Waals surface area contributed by atoms with Crippen molar-refractivity contribution in [3.05, 3.63) is 30.3 Å². The number of anilines is 1. The topological polar surface area (TPSA) is 113 Å². The average molecular weight is 377 g/mol. The molecule has 0 bridgehead atoms. The summed E-state index contributed by atoms with van der Waals surface area (Å²) in [6.07, 6.45) is 0.412. The molecular weight excluding hydrogens is 346 g/mol. The highest BCUT2D eigenvalue weighted by Crippen LogP contribution is 2.23. The summed E-state index contributed by atoms with van der Waals surface area (Å²) < 4.78 is 0.